The molecule has 1 saturated heterocycles. The fourth-order valence-corrected chi connectivity index (χ4v) is 3.65. The van der Waals surface area contributed by atoms with E-state index >= 15 is 0 Å². The molecule has 4 nitrogen and oxygen atoms in total. The van der Waals surface area contributed by atoms with Crippen molar-refractivity contribution in [3.05, 3.63) is 29.3 Å². The number of alkyl halides is 3. The summed E-state index contributed by atoms with van der Waals surface area (Å²) < 4.78 is 45.6. The molecule has 1 aliphatic heterocycles. The Morgan fingerprint density at radius 3 is 2.33 bits per heavy atom. The van der Waals surface area contributed by atoms with Crippen LogP contribution in [-0.4, -0.2) is 24.7 Å². The van der Waals surface area contributed by atoms with Gasteiger partial charge in [0.1, 0.15) is 0 Å². The Balaban J connectivity index is 0.00000272. The van der Waals surface area contributed by atoms with E-state index in [2.05, 4.69) is 0 Å². The number of carbonyl (C=O) groups is 1. The topological polar surface area (TPSA) is 53.3 Å². The first-order valence-electron chi connectivity index (χ1n) is 9.97. The minimum absolute atomic E-state index is 0. The van der Waals surface area contributed by atoms with E-state index in [1.165, 1.54) is 18.0 Å². The number of ether oxygens (including phenoxy) is 1. The number of hydrogen-bond donors (Lipinski definition) is 0. The van der Waals surface area contributed by atoms with Crippen molar-refractivity contribution >= 4 is 11.6 Å². The first-order chi connectivity index (χ1) is 13.4. The van der Waals surface area contributed by atoms with Gasteiger partial charge >= 0.3 is 6.18 Å². The Labute approximate surface area is 179 Å². The average Bonchev–Trinajstić information content (AvgIpc) is 3.05. The predicted molar refractivity (Wildman–Crippen MR) is 114 cm³/mol. The molecule has 1 amide bonds. The summed E-state index contributed by atoms with van der Waals surface area (Å²) in [6.45, 7) is 11.7. The largest absolute Gasteiger partial charge is 0.417 e. The first kappa shape index (κ1) is 27.9. The standard InChI is InChI=1S/C20H25F3N2O2.C2H6.CH4/c1-12-8-9-19(4,27-12)14(3)13(2)18(26)25(5)16-7-6-15(11-24)17(10-16)20(21,22)23;1-2;/h6-7,10,12-14H,8-9H2,1-5H3;1-2H3;1H4. The van der Waals surface area contributed by atoms with Crippen LogP contribution in [0.15, 0.2) is 18.2 Å². The lowest BCUT2D eigenvalue weighted by atomic mass is 9.79. The summed E-state index contributed by atoms with van der Waals surface area (Å²) in [5.41, 5.74) is -1.83. The highest BCUT2D eigenvalue weighted by molar-refractivity contribution is 5.94. The van der Waals surface area contributed by atoms with Gasteiger partial charge in [-0.3, -0.25) is 4.79 Å². The third kappa shape index (κ3) is 5.98. The van der Waals surface area contributed by atoms with Crippen LogP contribution in [0.5, 0.6) is 0 Å². The molecule has 1 fully saturated rings. The molecule has 0 radical (unpaired) electrons. The van der Waals surface area contributed by atoms with Crippen molar-refractivity contribution in [2.24, 2.45) is 11.8 Å². The van der Waals surface area contributed by atoms with Gasteiger partial charge in [-0.15, -0.1) is 0 Å². The summed E-state index contributed by atoms with van der Waals surface area (Å²) in [6, 6.07) is 4.85. The van der Waals surface area contributed by atoms with Gasteiger partial charge in [0, 0.05) is 18.7 Å². The Kier molecular flexibility index (Phi) is 10.1. The molecule has 1 aliphatic rings. The molecule has 4 unspecified atom stereocenters. The molecule has 0 bridgehead atoms. The summed E-state index contributed by atoms with van der Waals surface area (Å²) in [6.07, 6.45) is -2.77. The van der Waals surface area contributed by atoms with E-state index in [1.54, 1.807) is 13.0 Å². The zero-order valence-electron chi connectivity index (χ0n) is 18.2. The number of benzene rings is 1. The molecular weight excluding hydrogens is 393 g/mol. The number of halogens is 3. The summed E-state index contributed by atoms with van der Waals surface area (Å²) in [5, 5.41) is 8.91. The van der Waals surface area contributed by atoms with E-state index in [1.807, 2.05) is 34.6 Å². The summed E-state index contributed by atoms with van der Waals surface area (Å²) in [5.74, 6) is -0.821. The molecule has 1 heterocycles. The maximum atomic E-state index is 13.2. The molecule has 30 heavy (non-hydrogen) atoms. The Morgan fingerprint density at radius 1 is 1.33 bits per heavy atom. The van der Waals surface area contributed by atoms with Crippen LogP contribution in [0.25, 0.3) is 0 Å². The van der Waals surface area contributed by atoms with Crippen LogP contribution in [0, 0.1) is 23.2 Å². The molecule has 7 heteroatoms. The van der Waals surface area contributed by atoms with Gasteiger partial charge < -0.3 is 9.64 Å². The third-order valence-electron chi connectivity index (χ3n) is 5.77. The fourth-order valence-electron chi connectivity index (χ4n) is 3.65. The highest BCUT2D eigenvalue weighted by Gasteiger charge is 2.43. The van der Waals surface area contributed by atoms with Crippen molar-refractivity contribution < 1.29 is 22.7 Å². The molecule has 1 aromatic carbocycles. The highest BCUT2D eigenvalue weighted by atomic mass is 19.4. The van der Waals surface area contributed by atoms with Crippen LogP contribution in [-0.2, 0) is 15.7 Å². The van der Waals surface area contributed by atoms with Gasteiger partial charge in [0.15, 0.2) is 0 Å². The molecule has 0 aliphatic carbocycles. The van der Waals surface area contributed by atoms with Gasteiger partial charge in [-0.2, -0.15) is 18.4 Å². The molecular formula is C23H35F3N2O2. The first-order valence-corrected chi connectivity index (χ1v) is 9.97. The Hall–Kier alpha value is -2.07. The predicted octanol–water partition coefficient (Wildman–Crippen LogP) is 6.43. The van der Waals surface area contributed by atoms with Crippen molar-refractivity contribution in [2.45, 2.75) is 79.7 Å². The summed E-state index contributed by atoms with van der Waals surface area (Å²) in [4.78, 5) is 14.1. The SMILES string of the molecule is C.CC.CC1CCC(C)(C(C)C(C)C(=O)N(C)c2ccc(C#N)c(C(F)(F)F)c2)O1. The van der Waals surface area contributed by atoms with Crippen LogP contribution >= 0.6 is 0 Å². The van der Waals surface area contributed by atoms with E-state index in [4.69, 9.17) is 10.00 Å². The maximum Gasteiger partial charge on any atom is 0.417 e. The lowest BCUT2D eigenvalue weighted by Gasteiger charge is -2.36. The zero-order valence-corrected chi connectivity index (χ0v) is 18.2. The Morgan fingerprint density at radius 2 is 1.90 bits per heavy atom. The van der Waals surface area contributed by atoms with Gasteiger partial charge in [0.05, 0.1) is 28.9 Å². The van der Waals surface area contributed by atoms with Crippen LogP contribution in [0.1, 0.15) is 72.9 Å². The van der Waals surface area contributed by atoms with E-state index in [0.717, 1.165) is 25.0 Å². The number of carbonyl (C=O) groups excluding carboxylic acids is 1. The highest BCUT2D eigenvalue weighted by Crippen LogP contribution is 2.40. The van der Waals surface area contributed by atoms with Crippen molar-refractivity contribution in [3.8, 4) is 6.07 Å². The number of rotatable bonds is 4. The number of nitrogens with zero attached hydrogens (tertiary/aromatic N) is 2. The minimum atomic E-state index is -4.66. The van der Waals surface area contributed by atoms with Gasteiger partial charge in [-0.25, -0.2) is 0 Å². The van der Waals surface area contributed by atoms with Crippen LogP contribution in [0.3, 0.4) is 0 Å². The van der Waals surface area contributed by atoms with Crippen molar-refractivity contribution in [1.29, 1.82) is 5.26 Å². The average molecular weight is 429 g/mol. The molecule has 0 spiro atoms. The molecule has 1 aromatic rings. The fraction of sp³-hybridized carbons (Fsp3) is 0.652. The summed E-state index contributed by atoms with van der Waals surface area (Å²) in [7, 11) is 1.45. The van der Waals surface area contributed by atoms with Crippen molar-refractivity contribution in [2.75, 3.05) is 11.9 Å². The molecule has 4 atom stereocenters. The number of amides is 1. The quantitative estimate of drug-likeness (QED) is 0.555. The number of nitriles is 1. The number of hydrogen-bond acceptors (Lipinski definition) is 3. The van der Waals surface area contributed by atoms with E-state index in [-0.39, 0.29) is 31.0 Å². The second-order valence-corrected chi connectivity index (χ2v) is 7.59. The maximum absolute atomic E-state index is 13.2. The summed E-state index contributed by atoms with van der Waals surface area (Å²) >= 11 is 0. The normalized spacial score (nSPS) is 22.6. The molecule has 0 N–H and O–H groups in total. The van der Waals surface area contributed by atoms with Crippen LogP contribution in [0.2, 0.25) is 0 Å². The Bertz CT molecular complexity index is 758. The monoisotopic (exact) mass is 428 g/mol. The lowest BCUT2D eigenvalue weighted by molar-refractivity contribution is -0.137. The van der Waals surface area contributed by atoms with Gasteiger partial charge in [0.25, 0.3) is 0 Å². The second-order valence-electron chi connectivity index (χ2n) is 7.59. The smallest absolute Gasteiger partial charge is 0.372 e. The van der Waals surface area contributed by atoms with E-state index < -0.39 is 28.8 Å². The molecule has 0 saturated carbocycles. The second kappa shape index (κ2) is 10.8. The molecule has 2 rings (SSSR count). The number of anilines is 1. The third-order valence-corrected chi connectivity index (χ3v) is 5.77. The lowest BCUT2D eigenvalue weighted by Crippen LogP contribution is -2.43. The minimum Gasteiger partial charge on any atom is -0.372 e. The van der Waals surface area contributed by atoms with Crippen molar-refractivity contribution in [1.82, 2.24) is 0 Å². The van der Waals surface area contributed by atoms with Gasteiger partial charge in [-0.05, 0) is 50.8 Å². The van der Waals surface area contributed by atoms with E-state index in [9.17, 15) is 18.0 Å². The van der Waals surface area contributed by atoms with E-state index in [0.29, 0.717) is 0 Å². The van der Waals surface area contributed by atoms with Gasteiger partial charge in [0.2, 0.25) is 5.91 Å². The zero-order chi connectivity index (χ0) is 22.6. The van der Waals surface area contributed by atoms with Gasteiger partial charge in [-0.1, -0.05) is 35.1 Å². The van der Waals surface area contributed by atoms with Crippen LogP contribution in [0.4, 0.5) is 18.9 Å². The van der Waals surface area contributed by atoms with Crippen LogP contribution < -0.4 is 4.90 Å². The van der Waals surface area contributed by atoms with Crippen molar-refractivity contribution in [3.63, 3.8) is 0 Å². The molecule has 170 valence electrons. The molecule has 0 aromatic heterocycles.